The molecule has 0 spiro atoms. The highest BCUT2D eigenvalue weighted by Gasteiger charge is 2.25. The van der Waals surface area contributed by atoms with Gasteiger partial charge in [0.2, 0.25) is 0 Å². The summed E-state index contributed by atoms with van der Waals surface area (Å²) in [5, 5.41) is 10.2. The normalized spacial score (nSPS) is 25.7. The number of carbonyl (C=O) groups excluding carboxylic acids is 1. The van der Waals surface area contributed by atoms with Gasteiger partial charge < -0.3 is 15.4 Å². The van der Waals surface area contributed by atoms with E-state index in [1.807, 2.05) is 0 Å². The predicted molar refractivity (Wildman–Crippen MR) is 85.3 cm³/mol. The van der Waals surface area contributed by atoms with Crippen LogP contribution in [0.2, 0.25) is 0 Å². The van der Waals surface area contributed by atoms with E-state index in [0.29, 0.717) is 0 Å². The summed E-state index contributed by atoms with van der Waals surface area (Å²) in [6.45, 7) is 1.43. The summed E-state index contributed by atoms with van der Waals surface area (Å²) in [6, 6.07) is 3.64. The van der Waals surface area contributed by atoms with Crippen molar-refractivity contribution in [2.45, 2.75) is 56.7 Å². The first-order valence-corrected chi connectivity index (χ1v) is 8.41. The van der Waals surface area contributed by atoms with Crippen molar-refractivity contribution in [2.24, 2.45) is 0 Å². The van der Waals surface area contributed by atoms with Crippen LogP contribution in [0.5, 0.6) is 0 Å². The molecule has 0 bridgehead atoms. The SMILES string of the molecule is O=C(NC1CCOCC1)NC1CCC(n2ncccc2=O)CC1. The van der Waals surface area contributed by atoms with Gasteiger partial charge in [-0.25, -0.2) is 9.48 Å². The molecule has 0 radical (unpaired) electrons. The third kappa shape index (κ3) is 4.31. The molecule has 1 aliphatic carbocycles. The minimum absolute atomic E-state index is 0.0545. The number of ether oxygens (including phenoxy) is 1. The molecule has 0 unspecified atom stereocenters. The average molecular weight is 320 g/mol. The van der Waals surface area contributed by atoms with Crippen molar-refractivity contribution in [3.8, 4) is 0 Å². The maximum Gasteiger partial charge on any atom is 0.315 e. The van der Waals surface area contributed by atoms with E-state index >= 15 is 0 Å². The lowest BCUT2D eigenvalue weighted by Crippen LogP contribution is -2.48. The van der Waals surface area contributed by atoms with Gasteiger partial charge in [-0.15, -0.1) is 0 Å². The summed E-state index contributed by atoms with van der Waals surface area (Å²) >= 11 is 0. The first-order valence-electron chi connectivity index (χ1n) is 8.41. The Hall–Kier alpha value is -1.89. The lowest BCUT2D eigenvalue weighted by atomic mass is 9.91. The Morgan fingerprint density at radius 3 is 2.39 bits per heavy atom. The van der Waals surface area contributed by atoms with E-state index in [9.17, 15) is 9.59 Å². The van der Waals surface area contributed by atoms with Crippen LogP contribution in [0.1, 0.15) is 44.6 Å². The first-order chi connectivity index (χ1) is 11.2. The quantitative estimate of drug-likeness (QED) is 0.876. The summed E-state index contributed by atoms with van der Waals surface area (Å²) in [5.74, 6) is 0. The van der Waals surface area contributed by atoms with Gasteiger partial charge in [-0.2, -0.15) is 5.10 Å². The van der Waals surface area contributed by atoms with E-state index < -0.39 is 0 Å². The van der Waals surface area contributed by atoms with Crippen LogP contribution in [0.15, 0.2) is 23.1 Å². The van der Waals surface area contributed by atoms with E-state index in [1.54, 1.807) is 23.0 Å². The summed E-state index contributed by atoms with van der Waals surface area (Å²) < 4.78 is 6.86. The number of amides is 2. The Morgan fingerprint density at radius 2 is 1.74 bits per heavy atom. The highest BCUT2D eigenvalue weighted by Crippen LogP contribution is 2.26. The number of carbonyl (C=O) groups is 1. The fourth-order valence-electron chi connectivity index (χ4n) is 3.36. The first kappa shape index (κ1) is 16.0. The van der Waals surface area contributed by atoms with Crippen LogP contribution in [-0.4, -0.2) is 41.1 Å². The Morgan fingerprint density at radius 1 is 1.09 bits per heavy atom. The number of aromatic nitrogens is 2. The van der Waals surface area contributed by atoms with E-state index in [1.165, 1.54) is 0 Å². The molecule has 126 valence electrons. The largest absolute Gasteiger partial charge is 0.381 e. The number of rotatable bonds is 3. The van der Waals surface area contributed by atoms with Gasteiger partial charge in [-0.05, 0) is 44.6 Å². The maximum absolute atomic E-state index is 12.1. The molecule has 7 heteroatoms. The van der Waals surface area contributed by atoms with Crippen molar-refractivity contribution in [1.29, 1.82) is 0 Å². The number of hydrogen-bond acceptors (Lipinski definition) is 4. The molecule has 1 aliphatic heterocycles. The Balaban J connectivity index is 1.44. The Bertz CT molecular complexity index is 575. The smallest absolute Gasteiger partial charge is 0.315 e. The number of nitrogens with zero attached hydrogens (tertiary/aromatic N) is 2. The van der Waals surface area contributed by atoms with Gasteiger partial charge in [0.1, 0.15) is 0 Å². The molecular weight excluding hydrogens is 296 g/mol. The summed E-state index contributed by atoms with van der Waals surface area (Å²) in [4.78, 5) is 23.9. The molecule has 0 aromatic carbocycles. The van der Waals surface area contributed by atoms with Gasteiger partial charge in [-0.3, -0.25) is 4.79 Å². The summed E-state index contributed by atoms with van der Waals surface area (Å²) in [7, 11) is 0. The van der Waals surface area contributed by atoms with Gasteiger partial charge in [0.05, 0.1) is 6.04 Å². The van der Waals surface area contributed by atoms with Crippen LogP contribution < -0.4 is 16.2 Å². The fourth-order valence-corrected chi connectivity index (χ4v) is 3.36. The zero-order valence-electron chi connectivity index (χ0n) is 13.2. The van der Waals surface area contributed by atoms with Crippen LogP contribution in [0.25, 0.3) is 0 Å². The maximum atomic E-state index is 12.1. The Labute approximate surface area is 135 Å². The second-order valence-electron chi connectivity index (χ2n) is 6.32. The van der Waals surface area contributed by atoms with Crippen molar-refractivity contribution >= 4 is 6.03 Å². The fraction of sp³-hybridized carbons (Fsp3) is 0.688. The molecule has 2 N–H and O–H groups in total. The van der Waals surface area contributed by atoms with E-state index in [-0.39, 0.29) is 29.7 Å². The molecule has 2 aliphatic rings. The van der Waals surface area contributed by atoms with Crippen LogP contribution >= 0.6 is 0 Å². The van der Waals surface area contributed by atoms with E-state index in [0.717, 1.165) is 51.7 Å². The van der Waals surface area contributed by atoms with Gasteiger partial charge in [0.25, 0.3) is 5.56 Å². The molecule has 23 heavy (non-hydrogen) atoms. The van der Waals surface area contributed by atoms with Crippen molar-refractivity contribution in [1.82, 2.24) is 20.4 Å². The van der Waals surface area contributed by atoms with Crippen molar-refractivity contribution in [3.63, 3.8) is 0 Å². The van der Waals surface area contributed by atoms with Crippen molar-refractivity contribution in [3.05, 3.63) is 28.7 Å². The molecule has 2 amide bonds. The predicted octanol–water partition coefficient (Wildman–Crippen LogP) is 1.21. The molecule has 7 nitrogen and oxygen atoms in total. The topological polar surface area (TPSA) is 85.2 Å². The molecule has 2 heterocycles. The number of hydrogen-bond donors (Lipinski definition) is 2. The second-order valence-corrected chi connectivity index (χ2v) is 6.32. The average Bonchev–Trinajstić information content (AvgIpc) is 2.57. The molecule has 1 saturated heterocycles. The van der Waals surface area contributed by atoms with Crippen LogP contribution in [0.4, 0.5) is 4.79 Å². The molecule has 1 saturated carbocycles. The van der Waals surface area contributed by atoms with Crippen molar-refractivity contribution < 1.29 is 9.53 Å². The van der Waals surface area contributed by atoms with Gasteiger partial charge >= 0.3 is 6.03 Å². The van der Waals surface area contributed by atoms with Gasteiger partial charge in [0, 0.05) is 37.6 Å². The monoisotopic (exact) mass is 320 g/mol. The van der Waals surface area contributed by atoms with E-state index in [4.69, 9.17) is 4.74 Å². The minimum atomic E-state index is -0.0876. The van der Waals surface area contributed by atoms with E-state index in [2.05, 4.69) is 15.7 Å². The number of nitrogens with one attached hydrogen (secondary N) is 2. The molecule has 0 atom stereocenters. The molecule has 1 aromatic heterocycles. The Kier molecular flexibility index (Phi) is 5.27. The van der Waals surface area contributed by atoms with Gasteiger partial charge in [0.15, 0.2) is 0 Å². The highest BCUT2D eigenvalue weighted by molar-refractivity contribution is 5.74. The summed E-state index contributed by atoms with van der Waals surface area (Å²) in [6.07, 6.45) is 6.86. The van der Waals surface area contributed by atoms with Crippen molar-refractivity contribution in [2.75, 3.05) is 13.2 Å². The standard InChI is InChI=1S/C16H24N4O3/c21-15-2-1-9-17-20(15)14-5-3-12(4-6-14)18-16(22)19-13-7-10-23-11-8-13/h1-2,9,12-14H,3-8,10-11H2,(H2,18,19,22). The zero-order chi connectivity index (χ0) is 16.1. The lowest BCUT2D eigenvalue weighted by molar-refractivity contribution is 0.0798. The van der Waals surface area contributed by atoms with Crippen LogP contribution in [-0.2, 0) is 4.74 Å². The molecular formula is C16H24N4O3. The van der Waals surface area contributed by atoms with Gasteiger partial charge in [-0.1, -0.05) is 0 Å². The zero-order valence-corrected chi connectivity index (χ0v) is 13.2. The second kappa shape index (κ2) is 7.59. The third-order valence-corrected chi connectivity index (χ3v) is 4.68. The summed E-state index contributed by atoms with van der Waals surface area (Å²) in [5.41, 5.74) is -0.0545. The minimum Gasteiger partial charge on any atom is -0.381 e. The highest BCUT2D eigenvalue weighted by atomic mass is 16.5. The molecule has 3 rings (SSSR count). The van der Waals surface area contributed by atoms with Crippen LogP contribution in [0.3, 0.4) is 0 Å². The number of urea groups is 1. The molecule has 1 aromatic rings. The molecule has 2 fully saturated rings. The third-order valence-electron chi connectivity index (χ3n) is 4.68. The van der Waals surface area contributed by atoms with Crippen LogP contribution in [0, 0.1) is 0 Å². The lowest BCUT2D eigenvalue weighted by Gasteiger charge is -2.30.